The minimum atomic E-state index is -0.337. The van der Waals surface area contributed by atoms with Gasteiger partial charge in [-0.05, 0) is 17.7 Å². The van der Waals surface area contributed by atoms with Crippen molar-refractivity contribution in [3.05, 3.63) is 29.6 Å². The zero-order valence-electron chi connectivity index (χ0n) is 10.6. The average Bonchev–Trinajstić information content (AvgIpc) is 2.67. The van der Waals surface area contributed by atoms with Crippen molar-refractivity contribution in [3.63, 3.8) is 0 Å². The molecule has 0 spiro atoms. The molecule has 1 aromatic heterocycles. The van der Waals surface area contributed by atoms with Gasteiger partial charge in [0.1, 0.15) is 5.82 Å². The summed E-state index contributed by atoms with van der Waals surface area (Å²) in [6, 6.07) is 6.03. The first-order chi connectivity index (χ1) is 7.99. The number of imidazole rings is 1. The molecule has 0 saturated heterocycles. The van der Waals surface area contributed by atoms with E-state index < -0.39 is 0 Å². The van der Waals surface area contributed by atoms with Crippen molar-refractivity contribution in [1.29, 1.82) is 0 Å². The molecule has 4 nitrogen and oxygen atoms in total. The molecule has 0 atom stereocenters. The van der Waals surface area contributed by atoms with Crippen LogP contribution in [0, 0.1) is 0 Å². The van der Waals surface area contributed by atoms with Crippen LogP contribution in [0.3, 0.4) is 0 Å². The first kappa shape index (κ1) is 12.1. The Balaban J connectivity index is 2.65. The van der Waals surface area contributed by atoms with Crippen molar-refractivity contribution in [2.24, 2.45) is 12.8 Å². The number of hydrogen-bond acceptors (Lipinski definition) is 3. The summed E-state index contributed by atoms with van der Waals surface area (Å²) in [5, 5.41) is 9.42. The van der Waals surface area contributed by atoms with Gasteiger partial charge in [-0.3, -0.25) is 0 Å². The second kappa shape index (κ2) is 4.13. The predicted octanol–water partition coefficient (Wildman–Crippen LogP) is 1.30. The third kappa shape index (κ3) is 1.94. The van der Waals surface area contributed by atoms with Crippen LogP contribution in [-0.4, -0.2) is 21.3 Å². The third-order valence-electron chi connectivity index (χ3n) is 3.18. The van der Waals surface area contributed by atoms with E-state index in [0.29, 0.717) is 6.54 Å². The lowest BCUT2D eigenvalue weighted by atomic mass is 9.94. The van der Waals surface area contributed by atoms with Gasteiger partial charge in [0.05, 0.1) is 17.6 Å². The summed E-state index contributed by atoms with van der Waals surface area (Å²) in [5.41, 5.74) is 8.40. The summed E-state index contributed by atoms with van der Waals surface area (Å²) in [4.78, 5) is 4.59. The van der Waals surface area contributed by atoms with Crippen molar-refractivity contribution < 1.29 is 5.11 Å². The summed E-state index contributed by atoms with van der Waals surface area (Å²) in [5.74, 6) is 0.893. The van der Waals surface area contributed by atoms with Crippen LogP contribution in [0.1, 0.15) is 25.2 Å². The topological polar surface area (TPSA) is 64.1 Å². The maximum atomic E-state index is 9.42. The van der Waals surface area contributed by atoms with E-state index in [1.54, 1.807) is 0 Å². The summed E-state index contributed by atoms with van der Waals surface area (Å²) in [6.07, 6.45) is 0. The number of aromatic nitrogens is 2. The van der Waals surface area contributed by atoms with Crippen LogP contribution in [0.4, 0.5) is 0 Å². The summed E-state index contributed by atoms with van der Waals surface area (Å²) in [7, 11) is 1.97. The molecule has 0 fully saturated rings. The standard InChI is InChI=1S/C13H19N3O/c1-13(2,8-17)12-15-10-5-4-9(7-14)6-11(10)16(12)3/h4-6,17H,7-8,14H2,1-3H3. The third-order valence-corrected chi connectivity index (χ3v) is 3.18. The van der Waals surface area contributed by atoms with Gasteiger partial charge in [0, 0.05) is 19.0 Å². The van der Waals surface area contributed by atoms with E-state index in [0.717, 1.165) is 22.4 Å². The highest BCUT2D eigenvalue weighted by molar-refractivity contribution is 5.77. The molecule has 0 aliphatic rings. The van der Waals surface area contributed by atoms with Gasteiger partial charge in [0.2, 0.25) is 0 Å². The zero-order valence-corrected chi connectivity index (χ0v) is 10.6. The van der Waals surface area contributed by atoms with Gasteiger partial charge in [0.15, 0.2) is 0 Å². The van der Waals surface area contributed by atoms with E-state index in [-0.39, 0.29) is 12.0 Å². The zero-order chi connectivity index (χ0) is 12.6. The average molecular weight is 233 g/mol. The Labute approximate surface area is 101 Å². The van der Waals surface area contributed by atoms with Gasteiger partial charge in [-0.15, -0.1) is 0 Å². The molecule has 92 valence electrons. The number of benzene rings is 1. The number of fused-ring (bicyclic) bond motifs is 1. The molecule has 2 rings (SSSR count). The largest absolute Gasteiger partial charge is 0.395 e. The monoisotopic (exact) mass is 233 g/mol. The minimum absolute atomic E-state index is 0.0773. The molecule has 0 bridgehead atoms. The number of aliphatic hydroxyl groups is 1. The molecule has 3 N–H and O–H groups in total. The smallest absolute Gasteiger partial charge is 0.117 e. The van der Waals surface area contributed by atoms with Crippen LogP contribution >= 0.6 is 0 Å². The maximum absolute atomic E-state index is 9.42. The van der Waals surface area contributed by atoms with Gasteiger partial charge in [-0.1, -0.05) is 19.9 Å². The van der Waals surface area contributed by atoms with Crippen LogP contribution in [0.5, 0.6) is 0 Å². The maximum Gasteiger partial charge on any atom is 0.117 e. The van der Waals surface area contributed by atoms with E-state index in [2.05, 4.69) is 11.1 Å². The Morgan fingerprint density at radius 1 is 1.41 bits per heavy atom. The van der Waals surface area contributed by atoms with Gasteiger partial charge in [-0.25, -0.2) is 4.98 Å². The second-order valence-electron chi connectivity index (χ2n) is 5.06. The Hall–Kier alpha value is -1.39. The first-order valence-electron chi connectivity index (χ1n) is 5.76. The summed E-state index contributed by atoms with van der Waals surface area (Å²) >= 11 is 0. The number of aryl methyl sites for hydroxylation is 1. The normalized spacial score (nSPS) is 12.3. The molecule has 0 saturated carbocycles. The van der Waals surface area contributed by atoms with Crippen molar-refractivity contribution in [3.8, 4) is 0 Å². The molecule has 2 aromatic rings. The molecule has 0 unspecified atom stereocenters. The Morgan fingerprint density at radius 2 is 2.12 bits per heavy atom. The van der Waals surface area contributed by atoms with Crippen LogP contribution < -0.4 is 5.73 Å². The molecule has 0 radical (unpaired) electrons. The summed E-state index contributed by atoms with van der Waals surface area (Å²) in [6.45, 7) is 4.57. The lowest BCUT2D eigenvalue weighted by Crippen LogP contribution is -2.26. The molecular formula is C13H19N3O. The van der Waals surface area contributed by atoms with Crippen LogP contribution in [0.25, 0.3) is 11.0 Å². The van der Waals surface area contributed by atoms with Gasteiger partial charge in [0.25, 0.3) is 0 Å². The number of aliphatic hydroxyl groups excluding tert-OH is 1. The number of nitrogens with two attached hydrogens (primary N) is 1. The van der Waals surface area contributed by atoms with Crippen LogP contribution in [0.2, 0.25) is 0 Å². The minimum Gasteiger partial charge on any atom is -0.395 e. The highest BCUT2D eigenvalue weighted by atomic mass is 16.3. The van der Waals surface area contributed by atoms with Crippen LogP contribution in [-0.2, 0) is 19.0 Å². The molecule has 4 heteroatoms. The molecule has 17 heavy (non-hydrogen) atoms. The highest BCUT2D eigenvalue weighted by Gasteiger charge is 2.25. The van der Waals surface area contributed by atoms with Crippen molar-refractivity contribution >= 4 is 11.0 Å². The fourth-order valence-electron chi connectivity index (χ4n) is 2.04. The van der Waals surface area contributed by atoms with E-state index >= 15 is 0 Å². The first-order valence-corrected chi connectivity index (χ1v) is 5.76. The Bertz CT molecular complexity index is 543. The van der Waals surface area contributed by atoms with E-state index in [1.807, 2.05) is 37.6 Å². The molecule has 0 amide bonds. The van der Waals surface area contributed by atoms with E-state index in [4.69, 9.17) is 5.73 Å². The lowest BCUT2D eigenvalue weighted by molar-refractivity contribution is 0.209. The van der Waals surface area contributed by atoms with E-state index in [1.165, 1.54) is 0 Å². The van der Waals surface area contributed by atoms with Gasteiger partial charge < -0.3 is 15.4 Å². The van der Waals surface area contributed by atoms with Crippen molar-refractivity contribution in [2.45, 2.75) is 25.8 Å². The molecule has 1 aromatic carbocycles. The predicted molar refractivity (Wildman–Crippen MR) is 68.7 cm³/mol. The van der Waals surface area contributed by atoms with Crippen molar-refractivity contribution in [1.82, 2.24) is 9.55 Å². The fraction of sp³-hybridized carbons (Fsp3) is 0.462. The number of rotatable bonds is 3. The molecule has 1 heterocycles. The van der Waals surface area contributed by atoms with Gasteiger partial charge >= 0.3 is 0 Å². The molecular weight excluding hydrogens is 214 g/mol. The number of nitrogens with zero attached hydrogens (tertiary/aromatic N) is 2. The Kier molecular flexibility index (Phi) is 2.93. The second-order valence-corrected chi connectivity index (χ2v) is 5.06. The van der Waals surface area contributed by atoms with E-state index in [9.17, 15) is 5.11 Å². The highest BCUT2D eigenvalue weighted by Crippen LogP contribution is 2.25. The van der Waals surface area contributed by atoms with Crippen molar-refractivity contribution in [2.75, 3.05) is 6.61 Å². The summed E-state index contributed by atoms with van der Waals surface area (Å²) < 4.78 is 2.03. The van der Waals surface area contributed by atoms with Gasteiger partial charge in [-0.2, -0.15) is 0 Å². The lowest BCUT2D eigenvalue weighted by Gasteiger charge is -2.20. The quantitative estimate of drug-likeness (QED) is 0.840. The molecule has 0 aliphatic heterocycles. The SMILES string of the molecule is Cn1c(C(C)(C)CO)nc2ccc(CN)cc21. The van der Waals surface area contributed by atoms with Crippen LogP contribution in [0.15, 0.2) is 18.2 Å². The number of hydrogen-bond donors (Lipinski definition) is 2. The Morgan fingerprint density at radius 3 is 2.71 bits per heavy atom. The molecule has 0 aliphatic carbocycles. The fourth-order valence-corrected chi connectivity index (χ4v) is 2.04.